The van der Waals surface area contributed by atoms with E-state index < -0.39 is 28.5 Å². The standard InChI is InChI=1S/C34H34Cl3N3O5S/c1-3-38-34(42)32(21-24-8-6-5-7-9-24)39(22-25-10-19-30(36)31(37)20-25)33(41)23-40(27-13-15-28(16-14-27)45-4-2)46(43,44)29-17-11-26(35)12-18-29/h5-20,32H,3-4,21-23H2,1-2H3,(H,38,42)/t32-/m0/s1. The number of likely N-dealkylation sites (N-methyl/N-ethyl adjacent to an activating group) is 1. The van der Waals surface area contributed by atoms with E-state index in [1.54, 1.807) is 49.4 Å². The molecule has 12 heteroatoms. The SMILES string of the molecule is CCNC(=O)[C@H](Cc1ccccc1)N(Cc1ccc(Cl)c(Cl)c1)C(=O)CN(c1ccc(OCC)cc1)S(=O)(=O)c1ccc(Cl)cc1. The van der Waals surface area contributed by atoms with Crippen molar-refractivity contribution in [1.82, 2.24) is 10.2 Å². The Morgan fingerprint density at radius 2 is 1.50 bits per heavy atom. The monoisotopic (exact) mass is 701 g/mol. The van der Waals surface area contributed by atoms with E-state index in [0.29, 0.717) is 34.5 Å². The molecular formula is C34H34Cl3N3O5S. The Labute approximate surface area is 284 Å². The van der Waals surface area contributed by atoms with Gasteiger partial charge in [0.25, 0.3) is 10.0 Å². The zero-order valence-electron chi connectivity index (χ0n) is 25.3. The number of nitrogens with one attached hydrogen (secondary N) is 1. The molecule has 242 valence electrons. The molecule has 1 atom stereocenters. The molecule has 0 fully saturated rings. The van der Waals surface area contributed by atoms with Crippen LogP contribution in [0, 0.1) is 0 Å². The molecule has 2 amide bonds. The summed E-state index contributed by atoms with van der Waals surface area (Å²) in [5, 5.41) is 3.82. The number of halogens is 3. The first kappa shape index (κ1) is 35.1. The van der Waals surface area contributed by atoms with Crippen LogP contribution in [-0.4, -0.2) is 50.9 Å². The summed E-state index contributed by atoms with van der Waals surface area (Å²) in [4.78, 5) is 29.4. The van der Waals surface area contributed by atoms with E-state index in [2.05, 4.69) is 5.32 Å². The molecule has 0 aliphatic heterocycles. The van der Waals surface area contributed by atoms with Crippen molar-refractivity contribution in [2.75, 3.05) is 24.0 Å². The van der Waals surface area contributed by atoms with Crippen LogP contribution in [0.4, 0.5) is 5.69 Å². The molecule has 4 aromatic carbocycles. The smallest absolute Gasteiger partial charge is 0.264 e. The average Bonchev–Trinajstić information content (AvgIpc) is 3.04. The van der Waals surface area contributed by atoms with Gasteiger partial charge in [0.1, 0.15) is 18.3 Å². The molecule has 0 bridgehead atoms. The number of hydrogen-bond donors (Lipinski definition) is 1. The van der Waals surface area contributed by atoms with Gasteiger partial charge in [-0.3, -0.25) is 13.9 Å². The van der Waals surface area contributed by atoms with Gasteiger partial charge in [-0.05, 0) is 85.6 Å². The Bertz CT molecular complexity index is 1740. The summed E-state index contributed by atoms with van der Waals surface area (Å²) in [6, 6.07) is 25.3. The maximum Gasteiger partial charge on any atom is 0.264 e. The number of carbonyl (C=O) groups excluding carboxylic acids is 2. The highest BCUT2D eigenvalue weighted by Gasteiger charge is 2.34. The lowest BCUT2D eigenvalue weighted by Crippen LogP contribution is -2.53. The third-order valence-corrected chi connectivity index (χ3v) is 9.85. The third-order valence-electron chi connectivity index (χ3n) is 7.08. The summed E-state index contributed by atoms with van der Waals surface area (Å²) < 4.78 is 34.8. The Hall–Kier alpha value is -3.76. The second-order valence-corrected chi connectivity index (χ2v) is 13.4. The molecule has 0 aliphatic rings. The summed E-state index contributed by atoms with van der Waals surface area (Å²) in [5.74, 6) is -0.445. The minimum atomic E-state index is -4.28. The van der Waals surface area contributed by atoms with E-state index in [1.807, 2.05) is 37.3 Å². The van der Waals surface area contributed by atoms with E-state index in [9.17, 15) is 18.0 Å². The number of nitrogens with zero attached hydrogens (tertiary/aromatic N) is 2. The fourth-order valence-electron chi connectivity index (χ4n) is 4.82. The highest BCUT2D eigenvalue weighted by Crippen LogP contribution is 2.28. The lowest BCUT2D eigenvalue weighted by Gasteiger charge is -2.34. The topological polar surface area (TPSA) is 96.0 Å². The van der Waals surface area contributed by atoms with Crippen LogP contribution in [0.3, 0.4) is 0 Å². The first-order valence-electron chi connectivity index (χ1n) is 14.6. The van der Waals surface area contributed by atoms with Crippen molar-refractivity contribution < 1.29 is 22.7 Å². The van der Waals surface area contributed by atoms with Crippen LogP contribution in [0.5, 0.6) is 5.75 Å². The van der Waals surface area contributed by atoms with Crippen LogP contribution in [0.2, 0.25) is 15.1 Å². The van der Waals surface area contributed by atoms with Gasteiger partial charge in [0.2, 0.25) is 11.8 Å². The number of amides is 2. The van der Waals surface area contributed by atoms with Crippen LogP contribution in [0.25, 0.3) is 0 Å². The van der Waals surface area contributed by atoms with Crippen molar-refractivity contribution in [1.29, 1.82) is 0 Å². The quantitative estimate of drug-likeness (QED) is 0.153. The lowest BCUT2D eigenvalue weighted by atomic mass is 10.0. The Kier molecular flexibility index (Phi) is 12.3. The van der Waals surface area contributed by atoms with Gasteiger partial charge >= 0.3 is 0 Å². The number of sulfonamides is 1. The number of carbonyl (C=O) groups is 2. The minimum Gasteiger partial charge on any atom is -0.494 e. The molecular weight excluding hydrogens is 669 g/mol. The van der Waals surface area contributed by atoms with Gasteiger partial charge in [-0.1, -0.05) is 71.2 Å². The summed E-state index contributed by atoms with van der Waals surface area (Å²) in [7, 11) is -4.28. The molecule has 0 unspecified atom stereocenters. The van der Waals surface area contributed by atoms with Gasteiger partial charge in [-0.25, -0.2) is 8.42 Å². The first-order valence-corrected chi connectivity index (χ1v) is 17.2. The van der Waals surface area contributed by atoms with Crippen molar-refractivity contribution in [3.63, 3.8) is 0 Å². The predicted molar refractivity (Wildman–Crippen MR) is 183 cm³/mol. The van der Waals surface area contributed by atoms with Crippen molar-refractivity contribution in [2.24, 2.45) is 0 Å². The van der Waals surface area contributed by atoms with Gasteiger partial charge in [0.05, 0.1) is 27.2 Å². The van der Waals surface area contributed by atoms with Gasteiger partial charge in [-0.15, -0.1) is 0 Å². The van der Waals surface area contributed by atoms with Crippen LogP contribution in [-0.2, 0) is 32.6 Å². The molecule has 0 aliphatic carbocycles. The van der Waals surface area contributed by atoms with Crippen LogP contribution in [0.1, 0.15) is 25.0 Å². The maximum absolute atomic E-state index is 14.5. The van der Waals surface area contributed by atoms with Gasteiger partial charge < -0.3 is 15.0 Å². The normalized spacial score (nSPS) is 11.8. The van der Waals surface area contributed by atoms with Crippen molar-refractivity contribution in [2.45, 2.75) is 37.8 Å². The second kappa shape index (κ2) is 16.2. The molecule has 0 saturated carbocycles. The average molecular weight is 703 g/mol. The molecule has 0 spiro atoms. The van der Waals surface area contributed by atoms with Gasteiger partial charge in [0, 0.05) is 24.5 Å². The summed E-state index contributed by atoms with van der Waals surface area (Å²) in [6.45, 7) is 3.74. The fourth-order valence-corrected chi connectivity index (χ4v) is 6.68. The van der Waals surface area contributed by atoms with Gasteiger partial charge in [0.15, 0.2) is 0 Å². The van der Waals surface area contributed by atoms with Crippen LogP contribution in [0.15, 0.2) is 102 Å². The van der Waals surface area contributed by atoms with E-state index in [0.717, 1.165) is 9.87 Å². The molecule has 8 nitrogen and oxygen atoms in total. The van der Waals surface area contributed by atoms with Crippen LogP contribution >= 0.6 is 34.8 Å². The molecule has 4 rings (SSSR count). The molecule has 4 aromatic rings. The summed E-state index contributed by atoms with van der Waals surface area (Å²) in [5.41, 5.74) is 1.67. The Morgan fingerprint density at radius 1 is 0.826 bits per heavy atom. The molecule has 0 radical (unpaired) electrons. The van der Waals surface area contributed by atoms with E-state index in [1.165, 1.54) is 29.2 Å². The van der Waals surface area contributed by atoms with E-state index in [4.69, 9.17) is 39.5 Å². The van der Waals surface area contributed by atoms with Crippen molar-refractivity contribution in [3.8, 4) is 5.75 Å². The summed E-state index contributed by atoms with van der Waals surface area (Å²) >= 11 is 18.5. The highest BCUT2D eigenvalue weighted by molar-refractivity contribution is 7.92. The number of benzene rings is 4. The van der Waals surface area contributed by atoms with Crippen molar-refractivity contribution >= 4 is 62.3 Å². The largest absolute Gasteiger partial charge is 0.494 e. The third kappa shape index (κ3) is 8.94. The second-order valence-electron chi connectivity index (χ2n) is 10.3. The number of ether oxygens (including phenoxy) is 1. The fraction of sp³-hybridized carbons (Fsp3) is 0.235. The summed E-state index contributed by atoms with van der Waals surface area (Å²) in [6.07, 6.45) is 0.187. The molecule has 1 N–H and O–H groups in total. The van der Waals surface area contributed by atoms with Crippen LogP contribution < -0.4 is 14.4 Å². The first-order chi connectivity index (χ1) is 22.0. The molecule has 0 aromatic heterocycles. The zero-order chi connectivity index (χ0) is 33.3. The lowest BCUT2D eigenvalue weighted by molar-refractivity contribution is -0.140. The molecule has 0 heterocycles. The Balaban J connectivity index is 1.80. The molecule has 0 saturated heterocycles. The molecule has 46 heavy (non-hydrogen) atoms. The number of hydrogen-bond acceptors (Lipinski definition) is 5. The highest BCUT2D eigenvalue weighted by atomic mass is 35.5. The zero-order valence-corrected chi connectivity index (χ0v) is 28.4. The number of anilines is 1. The minimum absolute atomic E-state index is 0.0392. The van der Waals surface area contributed by atoms with E-state index in [-0.39, 0.29) is 34.5 Å². The van der Waals surface area contributed by atoms with Crippen molar-refractivity contribution in [3.05, 3.63) is 123 Å². The maximum atomic E-state index is 14.5. The van der Waals surface area contributed by atoms with Gasteiger partial charge in [-0.2, -0.15) is 0 Å². The Morgan fingerprint density at radius 3 is 2.11 bits per heavy atom. The predicted octanol–water partition coefficient (Wildman–Crippen LogP) is 7.02. The van der Waals surface area contributed by atoms with E-state index >= 15 is 0 Å². The number of rotatable bonds is 14.